The van der Waals surface area contributed by atoms with Crippen LogP contribution in [0.25, 0.3) is 0 Å². The Kier molecular flexibility index (Phi) is 5.38. The summed E-state index contributed by atoms with van der Waals surface area (Å²) >= 11 is 11.0. The van der Waals surface area contributed by atoms with Crippen LogP contribution in [0.3, 0.4) is 0 Å². The third-order valence-corrected chi connectivity index (χ3v) is 3.76. The van der Waals surface area contributed by atoms with E-state index in [0.29, 0.717) is 16.3 Å². The number of halogens is 1. The lowest BCUT2D eigenvalue weighted by molar-refractivity contribution is 0.0693. The number of carboxylic acids is 1. The average Bonchev–Trinajstić information content (AvgIpc) is 2.49. The third kappa shape index (κ3) is 4.21. The lowest BCUT2D eigenvalue weighted by Crippen LogP contribution is -2.34. The van der Waals surface area contributed by atoms with Gasteiger partial charge in [-0.15, -0.1) is 0 Å². The molecule has 0 fully saturated rings. The highest BCUT2D eigenvalue weighted by Crippen LogP contribution is 2.22. The van der Waals surface area contributed by atoms with Crippen molar-refractivity contribution in [2.75, 3.05) is 5.32 Å². The molecule has 2 aromatic rings. The summed E-state index contributed by atoms with van der Waals surface area (Å²) in [7, 11) is 0. The first kappa shape index (κ1) is 17.7. The predicted octanol–water partition coefficient (Wildman–Crippen LogP) is 3.18. The van der Waals surface area contributed by atoms with Crippen LogP contribution in [0, 0.1) is 6.92 Å². The van der Waals surface area contributed by atoms with Crippen LogP contribution in [-0.4, -0.2) is 27.2 Å². The number of benzene rings is 2. The molecule has 0 spiro atoms. The zero-order valence-electron chi connectivity index (χ0n) is 12.5. The molecule has 0 aliphatic heterocycles. The van der Waals surface area contributed by atoms with Crippen LogP contribution in [0.1, 0.15) is 26.3 Å². The number of aromatic carboxylic acids is 1. The number of carbonyl (C=O) groups is 2. The fraction of sp³-hybridized carbons (Fsp3) is 0.0625. The summed E-state index contributed by atoms with van der Waals surface area (Å²) in [5, 5.41) is 24.1. The summed E-state index contributed by atoms with van der Waals surface area (Å²) in [6.07, 6.45) is 0. The molecule has 0 atom stereocenters. The second-order valence-corrected chi connectivity index (χ2v) is 5.72. The first-order valence-corrected chi connectivity index (χ1v) is 7.51. The minimum Gasteiger partial charge on any atom is -0.507 e. The van der Waals surface area contributed by atoms with Gasteiger partial charge in [0.2, 0.25) is 0 Å². The zero-order chi connectivity index (χ0) is 17.9. The molecular formula is C16H13ClN2O4S. The fourth-order valence-electron chi connectivity index (χ4n) is 1.86. The fourth-order valence-corrected chi connectivity index (χ4v) is 2.25. The molecule has 0 aliphatic rings. The van der Waals surface area contributed by atoms with Crippen LogP contribution >= 0.6 is 23.8 Å². The largest absolute Gasteiger partial charge is 0.507 e. The van der Waals surface area contributed by atoms with E-state index in [1.165, 1.54) is 24.3 Å². The number of aromatic hydroxyl groups is 1. The van der Waals surface area contributed by atoms with Gasteiger partial charge in [0.1, 0.15) is 11.3 Å². The van der Waals surface area contributed by atoms with Crippen molar-refractivity contribution in [1.29, 1.82) is 0 Å². The maximum absolute atomic E-state index is 12.1. The Bertz CT molecular complexity index is 839. The molecule has 24 heavy (non-hydrogen) atoms. The molecule has 0 saturated carbocycles. The van der Waals surface area contributed by atoms with Gasteiger partial charge in [-0.05, 0) is 49.0 Å². The molecule has 1 amide bonds. The molecule has 0 aliphatic carbocycles. The van der Waals surface area contributed by atoms with Crippen LogP contribution in [-0.2, 0) is 0 Å². The number of anilines is 1. The highest BCUT2D eigenvalue weighted by molar-refractivity contribution is 7.80. The lowest BCUT2D eigenvalue weighted by Gasteiger charge is -2.11. The Morgan fingerprint density at radius 3 is 2.46 bits per heavy atom. The number of carboxylic acid groups (broad SMARTS) is 1. The quantitative estimate of drug-likeness (QED) is 0.624. The SMILES string of the molecule is Cc1ccc(C(=O)NC(=S)Nc2ccc(C(=O)O)c(O)c2)cc1Cl. The van der Waals surface area contributed by atoms with Gasteiger partial charge in [-0.25, -0.2) is 4.79 Å². The highest BCUT2D eigenvalue weighted by atomic mass is 35.5. The van der Waals surface area contributed by atoms with Crippen molar-refractivity contribution in [3.05, 3.63) is 58.1 Å². The molecule has 0 aromatic heterocycles. The molecule has 0 bridgehead atoms. The first-order valence-electron chi connectivity index (χ1n) is 6.72. The Morgan fingerprint density at radius 1 is 1.17 bits per heavy atom. The number of phenols is 1. The maximum atomic E-state index is 12.1. The van der Waals surface area contributed by atoms with E-state index in [0.717, 1.165) is 5.56 Å². The number of hydrogen-bond acceptors (Lipinski definition) is 4. The normalized spacial score (nSPS) is 10.1. The minimum atomic E-state index is -1.24. The van der Waals surface area contributed by atoms with Crippen LogP contribution < -0.4 is 10.6 Å². The smallest absolute Gasteiger partial charge is 0.339 e. The second kappa shape index (κ2) is 7.29. The Balaban J connectivity index is 2.05. The van der Waals surface area contributed by atoms with Gasteiger partial charge in [0.15, 0.2) is 5.11 Å². The summed E-state index contributed by atoms with van der Waals surface area (Å²) in [5.41, 5.74) is 1.30. The third-order valence-electron chi connectivity index (χ3n) is 3.15. The van der Waals surface area contributed by atoms with Crippen LogP contribution in [0.5, 0.6) is 5.75 Å². The van der Waals surface area contributed by atoms with E-state index in [-0.39, 0.29) is 10.7 Å². The van der Waals surface area contributed by atoms with E-state index in [2.05, 4.69) is 10.6 Å². The monoisotopic (exact) mass is 364 g/mol. The number of thiocarbonyl (C=S) groups is 1. The van der Waals surface area contributed by atoms with Crippen LogP contribution in [0.15, 0.2) is 36.4 Å². The minimum absolute atomic E-state index is 0.000766. The van der Waals surface area contributed by atoms with Gasteiger partial charge in [-0.3, -0.25) is 10.1 Å². The van der Waals surface area contributed by atoms with Crippen molar-refractivity contribution in [2.45, 2.75) is 6.92 Å². The highest BCUT2D eigenvalue weighted by Gasteiger charge is 2.12. The molecule has 0 saturated heterocycles. The van der Waals surface area contributed by atoms with Gasteiger partial charge in [-0.2, -0.15) is 0 Å². The Hall–Kier alpha value is -2.64. The maximum Gasteiger partial charge on any atom is 0.339 e. The lowest BCUT2D eigenvalue weighted by atomic mass is 10.1. The molecule has 124 valence electrons. The van der Waals surface area contributed by atoms with E-state index in [4.69, 9.17) is 28.9 Å². The van der Waals surface area contributed by atoms with Gasteiger partial charge in [0.05, 0.1) is 0 Å². The van der Waals surface area contributed by atoms with Crippen LogP contribution in [0.2, 0.25) is 5.02 Å². The van der Waals surface area contributed by atoms with E-state index >= 15 is 0 Å². The summed E-state index contributed by atoms with van der Waals surface area (Å²) in [5.74, 6) is -2.10. The summed E-state index contributed by atoms with van der Waals surface area (Å²) in [4.78, 5) is 22.9. The van der Waals surface area contributed by atoms with E-state index in [9.17, 15) is 14.7 Å². The number of carbonyl (C=O) groups excluding carboxylic acids is 1. The molecule has 0 radical (unpaired) electrons. The van der Waals surface area contributed by atoms with E-state index < -0.39 is 17.6 Å². The molecule has 8 heteroatoms. The van der Waals surface area contributed by atoms with Crippen molar-refractivity contribution in [2.24, 2.45) is 0 Å². The number of amides is 1. The first-order chi connectivity index (χ1) is 11.3. The van der Waals surface area contributed by atoms with Crippen molar-refractivity contribution >= 4 is 46.5 Å². The molecular weight excluding hydrogens is 352 g/mol. The van der Waals surface area contributed by atoms with Gasteiger partial charge >= 0.3 is 5.97 Å². The standard InChI is InChI=1S/C16H13ClN2O4S/c1-8-2-3-9(6-12(8)17)14(21)19-16(24)18-10-4-5-11(15(22)23)13(20)7-10/h2-7,20H,1H3,(H,22,23)(H2,18,19,21,24). The van der Waals surface area contributed by atoms with Crippen molar-refractivity contribution in [3.63, 3.8) is 0 Å². The van der Waals surface area contributed by atoms with Crippen LogP contribution in [0.4, 0.5) is 5.69 Å². The summed E-state index contributed by atoms with van der Waals surface area (Å²) in [6.45, 7) is 1.82. The summed E-state index contributed by atoms with van der Waals surface area (Å²) < 4.78 is 0. The zero-order valence-corrected chi connectivity index (χ0v) is 14.0. The molecule has 2 rings (SSSR count). The average molecular weight is 365 g/mol. The molecule has 6 nitrogen and oxygen atoms in total. The van der Waals surface area contributed by atoms with Crippen molar-refractivity contribution < 1.29 is 19.8 Å². The predicted molar refractivity (Wildman–Crippen MR) is 94.9 cm³/mol. The number of aryl methyl sites for hydroxylation is 1. The number of nitrogens with one attached hydrogen (secondary N) is 2. The molecule has 0 heterocycles. The molecule has 4 N–H and O–H groups in total. The second-order valence-electron chi connectivity index (χ2n) is 4.91. The van der Waals surface area contributed by atoms with Crippen molar-refractivity contribution in [3.8, 4) is 5.75 Å². The number of rotatable bonds is 3. The molecule has 2 aromatic carbocycles. The van der Waals surface area contributed by atoms with Gasteiger partial charge in [0.25, 0.3) is 5.91 Å². The van der Waals surface area contributed by atoms with Crippen molar-refractivity contribution in [1.82, 2.24) is 5.32 Å². The van der Waals surface area contributed by atoms with E-state index in [1.54, 1.807) is 12.1 Å². The Labute approximate surface area is 148 Å². The van der Waals surface area contributed by atoms with Gasteiger partial charge in [-0.1, -0.05) is 17.7 Å². The van der Waals surface area contributed by atoms with Gasteiger partial charge < -0.3 is 15.5 Å². The van der Waals surface area contributed by atoms with E-state index in [1.807, 2.05) is 6.92 Å². The topological polar surface area (TPSA) is 98.7 Å². The number of hydrogen-bond donors (Lipinski definition) is 4. The van der Waals surface area contributed by atoms with Gasteiger partial charge in [0, 0.05) is 22.3 Å². The summed E-state index contributed by atoms with van der Waals surface area (Å²) in [6, 6.07) is 8.71. The Morgan fingerprint density at radius 2 is 1.88 bits per heavy atom. The molecule has 0 unspecified atom stereocenters.